The Balaban J connectivity index is 1.74. The summed E-state index contributed by atoms with van der Waals surface area (Å²) in [6.45, 7) is 2.68. The molecule has 0 radical (unpaired) electrons. The van der Waals surface area contributed by atoms with Crippen LogP contribution < -0.4 is 5.32 Å². The maximum absolute atomic E-state index is 12.8. The summed E-state index contributed by atoms with van der Waals surface area (Å²) in [6, 6.07) is 21.0. The molecule has 0 spiro atoms. The summed E-state index contributed by atoms with van der Waals surface area (Å²) in [6.07, 6.45) is 1.05. The van der Waals surface area contributed by atoms with Gasteiger partial charge in [-0.15, -0.1) is 0 Å². The highest BCUT2D eigenvalue weighted by atomic mass is 16.2. The standard InChI is InChI=1S/C20H23N3O/c1-22-13-12-18(14-22)23-15-20(21-19(23)24,16-8-4-2-5-9-16)17-10-6-3-7-11-17/h2-11,18H,12-15H2,1H3,(H,21,24)/t18-/m0/s1. The van der Waals surface area contributed by atoms with E-state index in [4.69, 9.17) is 0 Å². The predicted molar refractivity (Wildman–Crippen MR) is 94.8 cm³/mol. The summed E-state index contributed by atoms with van der Waals surface area (Å²) in [5.74, 6) is 0. The van der Waals surface area contributed by atoms with Crippen LogP contribution in [0.5, 0.6) is 0 Å². The largest absolute Gasteiger partial charge is 0.323 e. The predicted octanol–water partition coefficient (Wildman–Crippen LogP) is 2.66. The van der Waals surface area contributed by atoms with Crippen LogP contribution in [0.4, 0.5) is 4.79 Å². The molecule has 4 nitrogen and oxygen atoms in total. The Bertz CT molecular complexity index is 677. The third-order valence-electron chi connectivity index (χ3n) is 5.33. The summed E-state index contributed by atoms with van der Waals surface area (Å²) in [5, 5.41) is 3.31. The number of hydrogen-bond acceptors (Lipinski definition) is 2. The lowest BCUT2D eigenvalue weighted by Gasteiger charge is -2.31. The molecule has 1 N–H and O–H groups in total. The highest BCUT2D eigenvalue weighted by molar-refractivity contribution is 5.80. The van der Waals surface area contributed by atoms with Gasteiger partial charge in [-0.1, -0.05) is 60.7 Å². The number of likely N-dealkylation sites (N-methyl/N-ethyl adjacent to an activating group) is 1. The van der Waals surface area contributed by atoms with Crippen molar-refractivity contribution in [3.63, 3.8) is 0 Å². The highest BCUT2D eigenvalue weighted by Crippen LogP contribution is 2.36. The molecule has 0 unspecified atom stereocenters. The topological polar surface area (TPSA) is 35.6 Å². The first-order chi connectivity index (χ1) is 11.7. The van der Waals surface area contributed by atoms with Gasteiger partial charge >= 0.3 is 6.03 Å². The van der Waals surface area contributed by atoms with Crippen molar-refractivity contribution in [1.82, 2.24) is 15.1 Å². The average molecular weight is 321 g/mol. The van der Waals surface area contributed by atoms with Crippen LogP contribution in [0.2, 0.25) is 0 Å². The monoisotopic (exact) mass is 321 g/mol. The van der Waals surface area contributed by atoms with Crippen LogP contribution in [-0.4, -0.2) is 48.6 Å². The van der Waals surface area contributed by atoms with Crippen LogP contribution >= 0.6 is 0 Å². The number of benzene rings is 2. The summed E-state index contributed by atoms with van der Waals surface area (Å²) in [5.41, 5.74) is 1.80. The van der Waals surface area contributed by atoms with Gasteiger partial charge in [0.15, 0.2) is 0 Å². The van der Waals surface area contributed by atoms with Crippen LogP contribution in [0.25, 0.3) is 0 Å². The molecule has 0 aliphatic carbocycles. The Morgan fingerprint density at radius 2 is 1.58 bits per heavy atom. The van der Waals surface area contributed by atoms with Crippen LogP contribution in [-0.2, 0) is 5.54 Å². The van der Waals surface area contributed by atoms with Crippen LogP contribution in [0.15, 0.2) is 60.7 Å². The van der Waals surface area contributed by atoms with Gasteiger partial charge in [-0.3, -0.25) is 0 Å². The molecule has 0 saturated carbocycles. The summed E-state index contributed by atoms with van der Waals surface area (Å²) >= 11 is 0. The van der Waals surface area contributed by atoms with Gasteiger partial charge in [-0.05, 0) is 31.1 Å². The average Bonchev–Trinajstić information content (AvgIpc) is 3.20. The highest BCUT2D eigenvalue weighted by Gasteiger charge is 2.47. The lowest BCUT2D eigenvalue weighted by Crippen LogP contribution is -2.41. The molecule has 2 saturated heterocycles. The Morgan fingerprint density at radius 3 is 2.08 bits per heavy atom. The van der Waals surface area contributed by atoms with E-state index in [0.29, 0.717) is 12.6 Å². The molecule has 24 heavy (non-hydrogen) atoms. The van der Waals surface area contributed by atoms with Gasteiger partial charge in [0.1, 0.15) is 5.54 Å². The van der Waals surface area contributed by atoms with E-state index in [0.717, 1.165) is 30.6 Å². The van der Waals surface area contributed by atoms with Crippen molar-refractivity contribution in [2.75, 3.05) is 26.7 Å². The molecule has 1 atom stereocenters. The smallest absolute Gasteiger partial charge is 0.318 e. The first-order valence-corrected chi connectivity index (χ1v) is 8.57. The lowest BCUT2D eigenvalue weighted by molar-refractivity contribution is 0.197. The van der Waals surface area contributed by atoms with Crippen molar-refractivity contribution in [3.8, 4) is 0 Å². The van der Waals surface area contributed by atoms with E-state index >= 15 is 0 Å². The van der Waals surface area contributed by atoms with Gasteiger partial charge in [0.25, 0.3) is 0 Å². The second kappa shape index (κ2) is 5.95. The minimum atomic E-state index is -0.471. The van der Waals surface area contributed by atoms with Gasteiger partial charge in [0, 0.05) is 12.6 Å². The van der Waals surface area contributed by atoms with Crippen molar-refractivity contribution >= 4 is 6.03 Å². The second-order valence-corrected chi connectivity index (χ2v) is 6.90. The fraction of sp³-hybridized carbons (Fsp3) is 0.350. The normalized spacial score (nSPS) is 23.5. The molecular weight excluding hydrogens is 298 g/mol. The van der Waals surface area contributed by atoms with Crippen molar-refractivity contribution in [1.29, 1.82) is 0 Å². The molecule has 4 heteroatoms. The molecule has 2 aromatic carbocycles. The number of carbonyl (C=O) groups excluding carboxylic acids is 1. The van der Waals surface area contributed by atoms with Gasteiger partial charge in [-0.2, -0.15) is 0 Å². The number of rotatable bonds is 3. The maximum atomic E-state index is 12.8. The molecule has 2 aliphatic heterocycles. The van der Waals surface area contributed by atoms with E-state index in [1.54, 1.807) is 0 Å². The zero-order valence-electron chi connectivity index (χ0n) is 14.0. The maximum Gasteiger partial charge on any atom is 0.318 e. The lowest BCUT2D eigenvalue weighted by atomic mass is 9.83. The van der Waals surface area contributed by atoms with Crippen LogP contribution in [0, 0.1) is 0 Å². The Morgan fingerprint density at radius 1 is 1.00 bits per heavy atom. The number of urea groups is 1. The third-order valence-corrected chi connectivity index (χ3v) is 5.33. The molecule has 4 rings (SSSR count). The molecule has 2 aliphatic rings. The number of hydrogen-bond donors (Lipinski definition) is 1. The summed E-state index contributed by atoms with van der Waals surface area (Å²) in [4.78, 5) is 17.2. The first kappa shape index (κ1) is 15.2. The Hall–Kier alpha value is -2.33. The molecule has 124 valence electrons. The molecule has 2 aromatic rings. The van der Waals surface area contributed by atoms with Crippen molar-refractivity contribution in [2.24, 2.45) is 0 Å². The van der Waals surface area contributed by atoms with E-state index in [9.17, 15) is 4.79 Å². The second-order valence-electron chi connectivity index (χ2n) is 6.90. The van der Waals surface area contributed by atoms with Gasteiger partial charge in [0.05, 0.1) is 6.54 Å². The summed E-state index contributed by atoms with van der Waals surface area (Å²) < 4.78 is 0. The number of nitrogens with zero attached hydrogens (tertiary/aromatic N) is 2. The van der Waals surface area contributed by atoms with E-state index in [1.807, 2.05) is 41.3 Å². The zero-order valence-corrected chi connectivity index (χ0v) is 14.0. The SMILES string of the molecule is CN1CC[C@H](N2CC(c3ccccc3)(c3ccccc3)NC2=O)C1. The number of nitrogens with one attached hydrogen (secondary N) is 1. The third kappa shape index (κ3) is 2.47. The van der Waals surface area contributed by atoms with Crippen molar-refractivity contribution in [2.45, 2.75) is 18.0 Å². The first-order valence-electron chi connectivity index (χ1n) is 8.57. The fourth-order valence-electron chi connectivity index (χ4n) is 4.02. The van der Waals surface area contributed by atoms with E-state index in [2.05, 4.69) is 41.5 Å². The van der Waals surface area contributed by atoms with Gasteiger partial charge < -0.3 is 15.1 Å². The Labute approximate surface area is 143 Å². The molecule has 2 heterocycles. The van der Waals surface area contributed by atoms with Crippen LogP contribution in [0.1, 0.15) is 17.5 Å². The van der Waals surface area contributed by atoms with Crippen molar-refractivity contribution < 1.29 is 4.79 Å². The zero-order chi connectivity index (χ0) is 16.6. The summed E-state index contributed by atoms with van der Waals surface area (Å²) in [7, 11) is 2.12. The van der Waals surface area contributed by atoms with Crippen molar-refractivity contribution in [3.05, 3.63) is 71.8 Å². The van der Waals surface area contributed by atoms with Crippen LogP contribution in [0.3, 0.4) is 0 Å². The van der Waals surface area contributed by atoms with Gasteiger partial charge in [-0.25, -0.2) is 4.79 Å². The van der Waals surface area contributed by atoms with E-state index < -0.39 is 5.54 Å². The molecule has 0 aromatic heterocycles. The quantitative estimate of drug-likeness (QED) is 0.943. The molecule has 0 bridgehead atoms. The molecule has 2 amide bonds. The number of amides is 2. The number of carbonyl (C=O) groups is 1. The van der Waals surface area contributed by atoms with E-state index in [-0.39, 0.29) is 6.03 Å². The number of likely N-dealkylation sites (tertiary alicyclic amines) is 1. The van der Waals surface area contributed by atoms with E-state index in [1.165, 1.54) is 0 Å². The minimum absolute atomic E-state index is 0.0445. The minimum Gasteiger partial charge on any atom is -0.323 e. The van der Waals surface area contributed by atoms with Gasteiger partial charge in [0.2, 0.25) is 0 Å². The Kier molecular flexibility index (Phi) is 3.77. The fourth-order valence-corrected chi connectivity index (χ4v) is 4.02. The molecule has 2 fully saturated rings. The molecular formula is C20H23N3O.